The highest BCUT2D eigenvalue weighted by Crippen LogP contribution is 2.10. The summed E-state index contributed by atoms with van der Waals surface area (Å²) in [6.45, 7) is 2.58. The van der Waals surface area contributed by atoms with Crippen LogP contribution in [0.4, 0.5) is 4.79 Å². The highest BCUT2D eigenvalue weighted by molar-refractivity contribution is 5.82. The topological polar surface area (TPSA) is 87.7 Å². The van der Waals surface area contributed by atoms with E-state index in [1.807, 2.05) is 0 Å². The Kier molecular flexibility index (Phi) is 4.36. The molecule has 6 heteroatoms. The van der Waals surface area contributed by atoms with Gasteiger partial charge in [-0.25, -0.2) is 4.79 Å². The van der Waals surface area contributed by atoms with Gasteiger partial charge in [-0.1, -0.05) is 0 Å². The molecule has 1 rings (SSSR count). The van der Waals surface area contributed by atoms with E-state index >= 15 is 0 Å². The number of urea groups is 1. The fraction of sp³-hybridized carbons (Fsp3) is 0.778. The number of amides is 2. The van der Waals surface area contributed by atoms with E-state index in [0.29, 0.717) is 6.54 Å². The molecule has 0 radical (unpaired) electrons. The Balaban J connectivity index is 2.15. The van der Waals surface area contributed by atoms with Crippen LogP contribution in [-0.4, -0.2) is 42.4 Å². The van der Waals surface area contributed by atoms with Crippen LogP contribution < -0.4 is 10.6 Å². The number of carboxylic acid groups (broad SMARTS) is 1. The normalized spacial score (nSPS) is 22.1. The minimum Gasteiger partial charge on any atom is -0.480 e. The number of carbonyl (C=O) groups excluding carboxylic acids is 1. The van der Waals surface area contributed by atoms with E-state index in [-0.39, 0.29) is 6.10 Å². The van der Waals surface area contributed by atoms with E-state index in [4.69, 9.17) is 9.84 Å². The van der Waals surface area contributed by atoms with Gasteiger partial charge in [0.05, 0.1) is 6.10 Å². The molecule has 0 aromatic heterocycles. The van der Waals surface area contributed by atoms with E-state index in [1.165, 1.54) is 6.92 Å². The molecule has 15 heavy (non-hydrogen) atoms. The molecule has 0 aliphatic carbocycles. The lowest BCUT2D eigenvalue weighted by atomic mass is 10.2. The maximum absolute atomic E-state index is 11.2. The van der Waals surface area contributed by atoms with Gasteiger partial charge in [-0.3, -0.25) is 4.79 Å². The third kappa shape index (κ3) is 4.16. The van der Waals surface area contributed by atoms with Crippen molar-refractivity contribution in [3.05, 3.63) is 0 Å². The Hall–Kier alpha value is -1.30. The Morgan fingerprint density at radius 3 is 2.87 bits per heavy atom. The highest BCUT2D eigenvalue weighted by Gasteiger charge is 2.18. The Morgan fingerprint density at radius 2 is 2.33 bits per heavy atom. The molecule has 0 spiro atoms. The average Bonchev–Trinajstić information content (AvgIpc) is 2.66. The lowest BCUT2D eigenvalue weighted by Crippen LogP contribution is -2.46. The molecule has 1 aliphatic heterocycles. The molecule has 3 N–H and O–H groups in total. The number of ether oxygens (including phenoxy) is 1. The Bertz CT molecular complexity index is 238. The second kappa shape index (κ2) is 5.55. The lowest BCUT2D eigenvalue weighted by molar-refractivity contribution is -0.138. The first-order chi connectivity index (χ1) is 7.09. The van der Waals surface area contributed by atoms with Crippen LogP contribution in [0.1, 0.15) is 19.8 Å². The molecule has 6 nitrogen and oxygen atoms in total. The number of rotatable bonds is 4. The van der Waals surface area contributed by atoms with Crippen molar-refractivity contribution < 1.29 is 19.4 Å². The quantitative estimate of drug-likeness (QED) is 0.614. The average molecular weight is 216 g/mol. The van der Waals surface area contributed by atoms with Gasteiger partial charge in [0.25, 0.3) is 0 Å². The highest BCUT2D eigenvalue weighted by atomic mass is 16.5. The summed E-state index contributed by atoms with van der Waals surface area (Å²) in [4.78, 5) is 21.6. The maximum Gasteiger partial charge on any atom is 0.325 e. The van der Waals surface area contributed by atoms with Crippen LogP contribution in [0, 0.1) is 0 Å². The molecule has 0 bridgehead atoms. The number of carboxylic acids is 1. The van der Waals surface area contributed by atoms with Crippen LogP contribution in [0.25, 0.3) is 0 Å². The molecule has 1 unspecified atom stereocenters. The van der Waals surface area contributed by atoms with Crippen molar-refractivity contribution in [2.24, 2.45) is 0 Å². The molecule has 2 atom stereocenters. The number of aliphatic carboxylic acids is 1. The van der Waals surface area contributed by atoms with Gasteiger partial charge < -0.3 is 20.5 Å². The minimum atomic E-state index is -1.05. The first-order valence-electron chi connectivity index (χ1n) is 4.98. The van der Waals surface area contributed by atoms with Gasteiger partial charge in [-0.2, -0.15) is 0 Å². The van der Waals surface area contributed by atoms with Crippen molar-refractivity contribution in [1.29, 1.82) is 0 Å². The number of nitrogens with one attached hydrogen (secondary N) is 2. The van der Waals surface area contributed by atoms with Crippen molar-refractivity contribution in [2.75, 3.05) is 13.2 Å². The summed E-state index contributed by atoms with van der Waals surface area (Å²) in [6.07, 6.45) is 2.02. The summed E-state index contributed by atoms with van der Waals surface area (Å²) in [7, 11) is 0. The third-order valence-electron chi connectivity index (χ3n) is 2.23. The van der Waals surface area contributed by atoms with Crippen LogP contribution in [0.15, 0.2) is 0 Å². The standard InChI is InChI=1S/C9H16N2O4/c1-6(8(12)13)11-9(14)10-5-7-3-2-4-15-7/h6-7H,2-5H2,1H3,(H,12,13)(H2,10,11,14)/t6-,7?/m1/s1. The predicted molar refractivity (Wildman–Crippen MR) is 52.6 cm³/mol. The van der Waals surface area contributed by atoms with Gasteiger partial charge in [0.1, 0.15) is 6.04 Å². The Labute approximate surface area is 88.0 Å². The largest absolute Gasteiger partial charge is 0.480 e. The van der Waals surface area contributed by atoms with Crippen LogP contribution in [0.5, 0.6) is 0 Å². The summed E-state index contributed by atoms with van der Waals surface area (Å²) >= 11 is 0. The maximum atomic E-state index is 11.2. The fourth-order valence-electron chi connectivity index (χ4n) is 1.32. The van der Waals surface area contributed by atoms with E-state index < -0.39 is 18.0 Å². The molecule has 1 fully saturated rings. The summed E-state index contributed by atoms with van der Waals surface area (Å²) in [5.74, 6) is -1.05. The zero-order chi connectivity index (χ0) is 11.3. The van der Waals surface area contributed by atoms with Gasteiger partial charge in [0, 0.05) is 13.2 Å². The number of hydrogen-bond donors (Lipinski definition) is 3. The SMILES string of the molecule is C[C@@H](NC(=O)NCC1CCCO1)C(=O)O. The van der Waals surface area contributed by atoms with Gasteiger partial charge in [-0.15, -0.1) is 0 Å². The number of carbonyl (C=O) groups is 2. The van der Waals surface area contributed by atoms with Crippen LogP contribution in [0.3, 0.4) is 0 Å². The van der Waals surface area contributed by atoms with Crippen molar-refractivity contribution >= 4 is 12.0 Å². The second-order valence-electron chi connectivity index (χ2n) is 3.55. The van der Waals surface area contributed by atoms with Crippen molar-refractivity contribution in [1.82, 2.24) is 10.6 Å². The molecule has 2 amide bonds. The fourth-order valence-corrected chi connectivity index (χ4v) is 1.32. The van der Waals surface area contributed by atoms with Gasteiger partial charge in [0.2, 0.25) is 0 Å². The first kappa shape index (κ1) is 11.8. The van der Waals surface area contributed by atoms with Gasteiger partial charge in [0.15, 0.2) is 0 Å². The first-order valence-corrected chi connectivity index (χ1v) is 4.98. The van der Waals surface area contributed by atoms with Crippen LogP contribution in [0.2, 0.25) is 0 Å². The van der Waals surface area contributed by atoms with Crippen molar-refractivity contribution in [2.45, 2.75) is 31.9 Å². The smallest absolute Gasteiger partial charge is 0.325 e. The molecule has 0 aromatic rings. The van der Waals surface area contributed by atoms with E-state index in [2.05, 4.69) is 10.6 Å². The minimum absolute atomic E-state index is 0.0656. The molecule has 1 saturated heterocycles. The molecule has 1 aliphatic rings. The molecular weight excluding hydrogens is 200 g/mol. The summed E-state index contributed by atoms with van der Waals surface area (Å²) in [6, 6.07) is -1.35. The monoisotopic (exact) mass is 216 g/mol. The molecule has 1 heterocycles. The Morgan fingerprint density at radius 1 is 1.60 bits per heavy atom. The van der Waals surface area contributed by atoms with Crippen molar-refractivity contribution in [3.8, 4) is 0 Å². The zero-order valence-corrected chi connectivity index (χ0v) is 8.66. The van der Waals surface area contributed by atoms with E-state index in [0.717, 1.165) is 19.4 Å². The summed E-state index contributed by atoms with van der Waals surface area (Å²) < 4.78 is 5.30. The summed E-state index contributed by atoms with van der Waals surface area (Å²) in [5, 5.41) is 13.4. The molecule has 0 saturated carbocycles. The molecule has 0 aromatic carbocycles. The molecular formula is C9H16N2O4. The van der Waals surface area contributed by atoms with E-state index in [1.54, 1.807) is 0 Å². The van der Waals surface area contributed by atoms with Crippen LogP contribution in [-0.2, 0) is 9.53 Å². The molecule has 86 valence electrons. The second-order valence-corrected chi connectivity index (χ2v) is 3.55. The van der Waals surface area contributed by atoms with Gasteiger partial charge >= 0.3 is 12.0 Å². The lowest BCUT2D eigenvalue weighted by Gasteiger charge is -2.13. The number of hydrogen-bond acceptors (Lipinski definition) is 3. The zero-order valence-electron chi connectivity index (χ0n) is 8.66. The third-order valence-corrected chi connectivity index (χ3v) is 2.23. The van der Waals surface area contributed by atoms with Gasteiger partial charge in [-0.05, 0) is 19.8 Å². The van der Waals surface area contributed by atoms with Crippen molar-refractivity contribution in [3.63, 3.8) is 0 Å². The summed E-state index contributed by atoms with van der Waals surface area (Å²) in [5.41, 5.74) is 0. The van der Waals surface area contributed by atoms with E-state index in [9.17, 15) is 9.59 Å². The predicted octanol–water partition coefficient (Wildman–Crippen LogP) is -0.0623. The van der Waals surface area contributed by atoms with Crippen LogP contribution >= 0.6 is 0 Å².